The fourth-order valence-electron chi connectivity index (χ4n) is 4.28. The first-order valence-electron chi connectivity index (χ1n) is 8.56. The maximum absolute atomic E-state index is 3.95. The number of rotatable bonds is 7. The Bertz CT molecular complexity index is 340. The van der Waals surface area contributed by atoms with Gasteiger partial charge < -0.3 is 5.32 Å². The molecule has 4 atom stereocenters. The Labute approximate surface area is 125 Å². The Balaban J connectivity index is 1.80. The summed E-state index contributed by atoms with van der Waals surface area (Å²) in [4.78, 5) is 0. The van der Waals surface area contributed by atoms with E-state index in [0.29, 0.717) is 0 Å². The second-order valence-electron chi connectivity index (χ2n) is 6.61. The van der Waals surface area contributed by atoms with Gasteiger partial charge in [-0.1, -0.05) is 25.5 Å². The van der Waals surface area contributed by atoms with E-state index in [2.05, 4.69) is 36.4 Å². The van der Waals surface area contributed by atoms with Crippen LogP contribution in [0.15, 0.2) is 31.0 Å². The molecule has 2 fully saturated rings. The summed E-state index contributed by atoms with van der Waals surface area (Å²) in [6.45, 7) is 7.49. The molecule has 1 nitrogen and oxygen atoms in total. The summed E-state index contributed by atoms with van der Waals surface area (Å²) in [5.41, 5.74) is 2.89. The van der Waals surface area contributed by atoms with Gasteiger partial charge in [0.1, 0.15) is 0 Å². The van der Waals surface area contributed by atoms with Crippen LogP contribution in [0, 0.1) is 11.8 Å². The monoisotopic (exact) mass is 273 g/mol. The van der Waals surface area contributed by atoms with Gasteiger partial charge in [0.15, 0.2) is 0 Å². The van der Waals surface area contributed by atoms with E-state index in [4.69, 9.17) is 0 Å². The molecule has 1 N–H and O–H groups in total. The summed E-state index contributed by atoms with van der Waals surface area (Å²) < 4.78 is 0. The lowest BCUT2D eigenvalue weighted by Crippen LogP contribution is -2.51. The number of hydrogen-bond donors (Lipinski definition) is 1. The zero-order valence-electron chi connectivity index (χ0n) is 12.9. The third kappa shape index (κ3) is 4.36. The van der Waals surface area contributed by atoms with Gasteiger partial charge in [-0.25, -0.2) is 0 Å². The second-order valence-corrected chi connectivity index (χ2v) is 6.61. The Morgan fingerprint density at radius 3 is 2.80 bits per heavy atom. The fourth-order valence-corrected chi connectivity index (χ4v) is 4.28. The summed E-state index contributed by atoms with van der Waals surface area (Å²) in [6.07, 6.45) is 17.6. The van der Waals surface area contributed by atoms with Crippen molar-refractivity contribution < 1.29 is 0 Å². The van der Waals surface area contributed by atoms with Gasteiger partial charge >= 0.3 is 0 Å². The molecule has 0 spiro atoms. The molecule has 0 aromatic carbocycles. The molecule has 1 heterocycles. The lowest BCUT2D eigenvalue weighted by Gasteiger charge is -2.45. The molecule has 0 aromatic heterocycles. The Kier molecular flexibility index (Phi) is 6.63. The van der Waals surface area contributed by atoms with Crippen LogP contribution in [0.1, 0.15) is 64.2 Å². The third-order valence-corrected chi connectivity index (χ3v) is 5.30. The predicted octanol–water partition coefficient (Wildman–Crippen LogP) is 5.00. The Morgan fingerprint density at radius 2 is 2.00 bits per heavy atom. The summed E-state index contributed by atoms with van der Waals surface area (Å²) >= 11 is 0. The first kappa shape index (κ1) is 15.6. The summed E-state index contributed by atoms with van der Waals surface area (Å²) in [7, 11) is 0. The number of allylic oxidation sites excluding steroid dienone is 2. The minimum absolute atomic E-state index is 0.729. The maximum atomic E-state index is 3.95. The highest BCUT2D eigenvalue weighted by molar-refractivity contribution is 4.94. The van der Waals surface area contributed by atoms with Gasteiger partial charge in [-0.2, -0.15) is 0 Å². The molecule has 0 aromatic rings. The van der Waals surface area contributed by atoms with Crippen molar-refractivity contribution in [1.29, 1.82) is 0 Å². The third-order valence-electron chi connectivity index (χ3n) is 5.30. The number of piperidine rings is 1. The van der Waals surface area contributed by atoms with E-state index in [1.807, 2.05) is 0 Å². The molecule has 112 valence electrons. The number of unbranched alkanes of at least 4 members (excludes halogenated alkanes) is 1. The van der Waals surface area contributed by atoms with Crippen LogP contribution < -0.4 is 5.32 Å². The summed E-state index contributed by atoms with van der Waals surface area (Å²) in [6, 6.07) is 1.52. The summed E-state index contributed by atoms with van der Waals surface area (Å²) in [5, 5.41) is 3.95. The molecular formula is C19H31N. The predicted molar refractivity (Wildman–Crippen MR) is 87.8 cm³/mol. The molecule has 0 bridgehead atoms. The van der Waals surface area contributed by atoms with E-state index in [0.717, 1.165) is 30.3 Å². The van der Waals surface area contributed by atoms with Crippen molar-refractivity contribution in [3.8, 4) is 0 Å². The van der Waals surface area contributed by atoms with Gasteiger partial charge in [-0.15, -0.1) is 12.3 Å². The zero-order valence-corrected chi connectivity index (χ0v) is 12.9. The van der Waals surface area contributed by atoms with Crippen molar-refractivity contribution in [3.05, 3.63) is 31.0 Å². The topological polar surface area (TPSA) is 12.0 Å². The first-order chi connectivity index (χ1) is 9.85. The number of nitrogens with one attached hydrogen (secondary N) is 1. The van der Waals surface area contributed by atoms with Crippen LogP contribution in [0.2, 0.25) is 0 Å². The SMILES string of the molecule is C=C=CCC[C@H]1CC[C@H]2[C@H](CCCC=C)CCC[C@H]2N1. The zero-order chi connectivity index (χ0) is 14.2. The van der Waals surface area contributed by atoms with Crippen molar-refractivity contribution in [3.63, 3.8) is 0 Å². The molecule has 2 rings (SSSR count). The van der Waals surface area contributed by atoms with Crippen molar-refractivity contribution in [1.82, 2.24) is 5.32 Å². The van der Waals surface area contributed by atoms with E-state index < -0.39 is 0 Å². The molecular weight excluding hydrogens is 242 g/mol. The molecule has 1 aliphatic heterocycles. The molecule has 0 amide bonds. The van der Waals surface area contributed by atoms with Crippen molar-refractivity contribution >= 4 is 0 Å². The molecule has 1 saturated carbocycles. The molecule has 2 aliphatic rings. The lowest BCUT2D eigenvalue weighted by molar-refractivity contribution is 0.106. The van der Waals surface area contributed by atoms with E-state index in [1.165, 1.54) is 57.8 Å². The van der Waals surface area contributed by atoms with Crippen molar-refractivity contribution in [2.75, 3.05) is 0 Å². The highest BCUT2D eigenvalue weighted by atomic mass is 15.0. The normalized spacial score (nSPS) is 33.0. The minimum Gasteiger partial charge on any atom is -0.311 e. The maximum Gasteiger partial charge on any atom is 0.0101 e. The van der Waals surface area contributed by atoms with E-state index in [-0.39, 0.29) is 0 Å². The quantitative estimate of drug-likeness (QED) is 0.391. The number of fused-ring (bicyclic) bond motifs is 1. The van der Waals surface area contributed by atoms with Crippen molar-refractivity contribution in [2.45, 2.75) is 76.3 Å². The average Bonchev–Trinajstić information content (AvgIpc) is 2.48. The van der Waals surface area contributed by atoms with Gasteiger partial charge in [0.05, 0.1) is 0 Å². The number of hydrogen-bond acceptors (Lipinski definition) is 1. The van der Waals surface area contributed by atoms with Gasteiger partial charge in [0.2, 0.25) is 0 Å². The van der Waals surface area contributed by atoms with E-state index >= 15 is 0 Å². The average molecular weight is 273 g/mol. The van der Waals surface area contributed by atoms with Gasteiger partial charge in [-0.3, -0.25) is 0 Å². The van der Waals surface area contributed by atoms with Gasteiger partial charge in [-0.05, 0) is 69.3 Å². The largest absolute Gasteiger partial charge is 0.311 e. The lowest BCUT2D eigenvalue weighted by atomic mass is 9.69. The van der Waals surface area contributed by atoms with Crippen LogP contribution in [0.25, 0.3) is 0 Å². The molecule has 1 heteroatoms. The second kappa shape index (κ2) is 8.49. The van der Waals surface area contributed by atoms with Gasteiger partial charge in [0.25, 0.3) is 0 Å². The molecule has 1 saturated heterocycles. The van der Waals surface area contributed by atoms with Crippen LogP contribution in [-0.2, 0) is 0 Å². The highest BCUT2D eigenvalue weighted by Gasteiger charge is 2.36. The Morgan fingerprint density at radius 1 is 1.10 bits per heavy atom. The summed E-state index contributed by atoms with van der Waals surface area (Å²) in [5.74, 6) is 1.91. The molecule has 1 aliphatic carbocycles. The minimum atomic E-state index is 0.729. The van der Waals surface area contributed by atoms with Crippen LogP contribution in [-0.4, -0.2) is 12.1 Å². The van der Waals surface area contributed by atoms with Crippen LogP contribution in [0.3, 0.4) is 0 Å². The Hall–Kier alpha value is -0.780. The standard InChI is InChI=1S/C19H31N/c1-3-5-7-10-16-11-9-13-19-18(16)15-14-17(20-19)12-8-6-4-2/h3,6,16-20H,1-2,5,7-15H2/t16-,17+,18+,19-/m1/s1. The van der Waals surface area contributed by atoms with Crippen molar-refractivity contribution in [2.24, 2.45) is 11.8 Å². The van der Waals surface area contributed by atoms with Crippen LogP contribution >= 0.6 is 0 Å². The highest BCUT2D eigenvalue weighted by Crippen LogP contribution is 2.39. The molecule has 0 radical (unpaired) electrons. The molecule has 20 heavy (non-hydrogen) atoms. The smallest absolute Gasteiger partial charge is 0.0101 e. The molecule has 0 unspecified atom stereocenters. The van der Waals surface area contributed by atoms with E-state index in [1.54, 1.807) is 0 Å². The van der Waals surface area contributed by atoms with E-state index in [9.17, 15) is 0 Å². The fraction of sp³-hybridized carbons (Fsp3) is 0.737. The first-order valence-corrected chi connectivity index (χ1v) is 8.56. The van der Waals surface area contributed by atoms with Gasteiger partial charge in [0, 0.05) is 12.1 Å². The van der Waals surface area contributed by atoms with Crippen LogP contribution in [0.4, 0.5) is 0 Å². The van der Waals surface area contributed by atoms with Crippen LogP contribution in [0.5, 0.6) is 0 Å².